The minimum absolute atomic E-state index is 0.0149. The summed E-state index contributed by atoms with van der Waals surface area (Å²) in [5.41, 5.74) is 11.2. The largest absolute Gasteiger partial charge is 0.513 e. The molecular formula is C21H24N2O4. The Balaban J connectivity index is 1.75. The smallest absolute Gasteiger partial charge is 0.437 e. The molecule has 1 aliphatic rings. The summed E-state index contributed by atoms with van der Waals surface area (Å²) in [6, 6.07) is 11.0. The van der Waals surface area contributed by atoms with E-state index in [0.717, 1.165) is 28.8 Å². The van der Waals surface area contributed by atoms with E-state index in [9.17, 15) is 9.59 Å². The van der Waals surface area contributed by atoms with Gasteiger partial charge in [-0.05, 0) is 60.7 Å². The lowest BCUT2D eigenvalue weighted by molar-refractivity contribution is -0.118. The molecule has 0 bridgehead atoms. The van der Waals surface area contributed by atoms with Gasteiger partial charge in [0.2, 0.25) is 5.91 Å². The molecular weight excluding hydrogens is 344 g/mol. The topological polar surface area (TPSA) is 81.9 Å². The number of anilines is 1. The van der Waals surface area contributed by atoms with E-state index < -0.39 is 12.2 Å². The molecule has 0 radical (unpaired) electrons. The highest BCUT2D eigenvalue weighted by Crippen LogP contribution is 2.31. The number of amides is 1. The van der Waals surface area contributed by atoms with Crippen molar-refractivity contribution in [2.45, 2.75) is 32.7 Å². The predicted octanol–water partition coefficient (Wildman–Crippen LogP) is 3.43. The number of para-hydroxylation sites is 1. The second-order valence-electron chi connectivity index (χ2n) is 6.76. The molecule has 27 heavy (non-hydrogen) atoms. The maximum Gasteiger partial charge on any atom is 0.513 e. The molecule has 0 fully saturated rings. The number of nitrogens with two attached hydrogens (primary N) is 1. The molecule has 0 aliphatic carbocycles. The molecule has 142 valence electrons. The lowest BCUT2D eigenvalue weighted by atomic mass is 9.94. The number of ether oxygens (including phenoxy) is 2. The number of methoxy groups -OCH3 is 1. The average Bonchev–Trinajstić information content (AvgIpc) is 3.05. The van der Waals surface area contributed by atoms with Gasteiger partial charge in [0.1, 0.15) is 5.75 Å². The van der Waals surface area contributed by atoms with Crippen LogP contribution in [0.5, 0.6) is 5.75 Å². The summed E-state index contributed by atoms with van der Waals surface area (Å²) in [5, 5.41) is 0. The van der Waals surface area contributed by atoms with Crippen LogP contribution in [-0.4, -0.2) is 25.7 Å². The summed E-state index contributed by atoms with van der Waals surface area (Å²) < 4.78 is 9.60. The Morgan fingerprint density at radius 1 is 1.19 bits per heavy atom. The third-order valence-corrected chi connectivity index (χ3v) is 4.89. The molecule has 1 unspecified atom stereocenters. The van der Waals surface area contributed by atoms with Crippen molar-refractivity contribution in [2.75, 3.05) is 18.6 Å². The fourth-order valence-corrected chi connectivity index (χ4v) is 3.71. The molecule has 1 atom stereocenters. The fourth-order valence-electron chi connectivity index (χ4n) is 3.71. The number of benzene rings is 2. The zero-order valence-corrected chi connectivity index (χ0v) is 15.8. The van der Waals surface area contributed by atoms with Crippen LogP contribution < -0.4 is 15.4 Å². The van der Waals surface area contributed by atoms with E-state index in [1.165, 1.54) is 12.7 Å². The first-order valence-corrected chi connectivity index (χ1v) is 8.91. The Morgan fingerprint density at radius 2 is 1.85 bits per heavy atom. The van der Waals surface area contributed by atoms with E-state index in [1.807, 2.05) is 36.9 Å². The summed E-state index contributed by atoms with van der Waals surface area (Å²) in [5.74, 6) is 0.411. The number of carbonyl (C=O) groups is 2. The maximum atomic E-state index is 12.8. The number of hydrogen-bond donors (Lipinski definition) is 1. The van der Waals surface area contributed by atoms with E-state index in [0.29, 0.717) is 12.3 Å². The maximum absolute atomic E-state index is 12.8. The second kappa shape index (κ2) is 7.80. The first-order valence-electron chi connectivity index (χ1n) is 8.91. The Labute approximate surface area is 158 Å². The van der Waals surface area contributed by atoms with Gasteiger partial charge in [0.25, 0.3) is 0 Å². The van der Waals surface area contributed by atoms with Crippen molar-refractivity contribution in [3.05, 3.63) is 58.7 Å². The number of fused-ring (bicyclic) bond motifs is 1. The lowest BCUT2D eigenvalue weighted by Crippen LogP contribution is -2.32. The highest BCUT2D eigenvalue weighted by molar-refractivity contribution is 5.95. The van der Waals surface area contributed by atoms with E-state index in [1.54, 1.807) is 12.1 Å². The summed E-state index contributed by atoms with van der Waals surface area (Å²) in [6.07, 6.45) is 0.316. The van der Waals surface area contributed by atoms with Gasteiger partial charge in [-0.15, -0.1) is 0 Å². The van der Waals surface area contributed by atoms with Gasteiger partial charge in [0, 0.05) is 24.7 Å². The van der Waals surface area contributed by atoms with Crippen LogP contribution in [0.25, 0.3) is 0 Å². The van der Waals surface area contributed by atoms with Crippen LogP contribution in [0.4, 0.5) is 10.5 Å². The van der Waals surface area contributed by atoms with Gasteiger partial charge in [-0.25, -0.2) is 4.79 Å². The van der Waals surface area contributed by atoms with E-state index in [4.69, 9.17) is 10.5 Å². The molecule has 6 heteroatoms. The molecule has 0 saturated carbocycles. The SMILES string of the molecule is COC(=O)Oc1cc(C)c(C(N)CC(=O)N2CCc3ccccc32)c(C)c1. The van der Waals surface area contributed by atoms with Crippen molar-refractivity contribution in [1.82, 2.24) is 0 Å². The normalized spacial score (nSPS) is 13.9. The highest BCUT2D eigenvalue weighted by atomic mass is 16.7. The number of rotatable bonds is 4. The van der Waals surface area contributed by atoms with Crippen molar-refractivity contribution in [3.8, 4) is 5.75 Å². The molecule has 2 aromatic rings. The summed E-state index contributed by atoms with van der Waals surface area (Å²) >= 11 is 0. The monoisotopic (exact) mass is 368 g/mol. The van der Waals surface area contributed by atoms with Crippen LogP contribution >= 0.6 is 0 Å². The molecule has 1 heterocycles. The summed E-state index contributed by atoms with van der Waals surface area (Å²) in [6.45, 7) is 4.47. The molecule has 0 saturated heterocycles. The Kier molecular flexibility index (Phi) is 5.46. The van der Waals surface area contributed by atoms with Crippen molar-refractivity contribution < 1.29 is 19.1 Å². The van der Waals surface area contributed by atoms with Gasteiger partial charge in [-0.1, -0.05) is 18.2 Å². The van der Waals surface area contributed by atoms with Crippen LogP contribution in [0.1, 0.15) is 34.7 Å². The van der Waals surface area contributed by atoms with E-state index in [-0.39, 0.29) is 12.3 Å². The van der Waals surface area contributed by atoms with Gasteiger partial charge in [0.15, 0.2) is 0 Å². The Hall–Kier alpha value is -2.86. The second-order valence-corrected chi connectivity index (χ2v) is 6.76. The quantitative estimate of drug-likeness (QED) is 0.660. The van der Waals surface area contributed by atoms with Crippen molar-refractivity contribution in [2.24, 2.45) is 5.73 Å². The van der Waals surface area contributed by atoms with Crippen LogP contribution in [0.15, 0.2) is 36.4 Å². The Bertz CT molecular complexity index is 855. The number of aryl methyl sites for hydroxylation is 2. The molecule has 6 nitrogen and oxygen atoms in total. The fraction of sp³-hybridized carbons (Fsp3) is 0.333. The van der Waals surface area contributed by atoms with Gasteiger partial charge in [-0.2, -0.15) is 0 Å². The number of carbonyl (C=O) groups excluding carboxylic acids is 2. The van der Waals surface area contributed by atoms with Gasteiger partial charge >= 0.3 is 6.16 Å². The van der Waals surface area contributed by atoms with Gasteiger partial charge in [-0.3, -0.25) is 4.79 Å². The first-order chi connectivity index (χ1) is 12.9. The molecule has 1 amide bonds. The molecule has 1 aliphatic heterocycles. The van der Waals surface area contributed by atoms with Crippen LogP contribution in [0.3, 0.4) is 0 Å². The zero-order chi connectivity index (χ0) is 19.6. The third kappa shape index (κ3) is 3.95. The van der Waals surface area contributed by atoms with E-state index >= 15 is 0 Å². The molecule has 3 rings (SSSR count). The minimum atomic E-state index is -0.770. The van der Waals surface area contributed by atoms with Crippen LogP contribution in [0, 0.1) is 13.8 Å². The van der Waals surface area contributed by atoms with Gasteiger partial charge < -0.3 is 20.1 Å². The minimum Gasteiger partial charge on any atom is -0.437 e. The summed E-state index contributed by atoms with van der Waals surface area (Å²) in [4.78, 5) is 25.9. The van der Waals surface area contributed by atoms with Crippen molar-refractivity contribution in [1.29, 1.82) is 0 Å². The Morgan fingerprint density at radius 3 is 2.52 bits per heavy atom. The number of hydrogen-bond acceptors (Lipinski definition) is 5. The predicted molar refractivity (Wildman–Crippen MR) is 103 cm³/mol. The molecule has 0 aromatic heterocycles. The molecule has 0 spiro atoms. The number of nitrogens with zero attached hydrogens (tertiary/aromatic N) is 1. The van der Waals surface area contributed by atoms with Crippen LogP contribution in [0.2, 0.25) is 0 Å². The zero-order valence-electron chi connectivity index (χ0n) is 15.8. The third-order valence-electron chi connectivity index (χ3n) is 4.89. The highest BCUT2D eigenvalue weighted by Gasteiger charge is 2.26. The molecule has 2 N–H and O–H groups in total. The summed E-state index contributed by atoms with van der Waals surface area (Å²) in [7, 11) is 1.26. The standard InChI is InChI=1S/C21H24N2O4/c1-13-10-16(27-21(25)26-3)11-14(2)20(13)17(22)12-19(24)23-9-8-15-6-4-5-7-18(15)23/h4-7,10-11,17H,8-9,12,22H2,1-3H3. The van der Waals surface area contributed by atoms with Crippen molar-refractivity contribution in [3.63, 3.8) is 0 Å². The lowest BCUT2D eigenvalue weighted by Gasteiger charge is -2.22. The van der Waals surface area contributed by atoms with Crippen molar-refractivity contribution >= 4 is 17.7 Å². The van der Waals surface area contributed by atoms with E-state index in [2.05, 4.69) is 10.8 Å². The van der Waals surface area contributed by atoms with Gasteiger partial charge in [0.05, 0.1) is 7.11 Å². The first kappa shape index (κ1) is 18.9. The van der Waals surface area contributed by atoms with Crippen LogP contribution in [-0.2, 0) is 16.0 Å². The molecule has 2 aromatic carbocycles. The average molecular weight is 368 g/mol.